The average molecular weight is 228 g/mol. The summed E-state index contributed by atoms with van der Waals surface area (Å²) in [5.41, 5.74) is 0. The molecule has 1 rings (SSSR count). The van der Waals surface area contributed by atoms with Crippen molar-refractivity contribution in [2.24, 2.45) is 0 Å². The molecule has 16 heavy (non-hydrogen) atoms. The van der Waals surface area contributed by atoms with E-state index in [-0.39, 0.29) is 12.7 Å². The van der Waals surface area contributed by atoms with Crippen molar-refractivity contribution in [3.63, 3.8) is 0 Å². The third kappa shape index (κ3) is 5.05. The van der Waals surface area contributed by atoms with Gasteiger partial charge < -0.3 is 14.8 Å². The molecular weight excluding hydrogens is 206 g/mol. The smallest absolute Gasteiger partial charge is 0.119 e. The zero-order valence-electron chi connectivity index (χ0n) is 9.82. The fourth-order valence-corrected chi connectivity index (χ4v) is 2.14. The third-order valence-corrected chi connectivity index (χ3v) is 3.01. The van der Waals surface area contributed by atoms with Crippen molar-refractivity contribution in [3.05, 3.63) is 0 Å². The lowest BCUT2D eigenvalue weighted by Gasteiger charge is -2.33. The van der Waals surface area contributed by atoms with Crippen molar-refractivity contribution in [2.45, 2.75) is 50.7 Å². The van der Waals surface area contributed by atoms with Gasteiger partial charge in [-0.3, -0.25) is 0 Å². The lowest BCUT2D eigenvalue weighted by atomic mass is 9.98. The van der Waals surface area contributed by atoms with E-state index in [1.807, 2.05) is 0 Å². The number of unbranched alkanes of at least 4 members (excludes halogenated alkanes) is 2. The minimum Gasteiger partial charge on any atom is -0.375 e. The van der Waals surface area contributed by atoms with Crippen LogP contribution in [0.15, 0.2) is 0 Å². The molecule has 0 amide bonds. The maximum Gasteiger partial charge on any atom is 0.119 e. The van der Waals surface area contributed by atoms with Crippen molar-refractivity contribution in [1.29, 1.82) is 0 Å². The van der Waals surface area contributed by atoms with Crippen molar-refractivity contribution in [2.75, 3.05) is 19.8 Å². The second-order valence-corrected chi connectivity index (χ2v) is 4.27. The van der Waals surface area contributed by atoms with Crippen LogP contribution in [0.5, 0.6) is 0 Å². The standard InChI is InChI=1S/C12H22NO3/c14-8-3-1-5-11-12(6-2-4-9-15)16-10-7-13-11/h9,11-13H,1-8,10H2. The van der Waals surface area contributed by atoms with E-state index in [0.717, 1.165) is 51.5 Å². The Hall–Kier alpha value is -0.450. The second-order valence-electron chi connectivity index (χ2n) is 4.27. The summed E-state index contributed by atoms with van der Waals surface area (Å²) in [6, 6.07) is 0.368. The molecule has 0 aromatic heterocycles. The maximum atomic E-state index is 10.4. The Bertz CT molecular complexity index is 187. The first kappa shape index (κ1) is 13.6. The van der Waals surface area contributed by atoms with Gasteiger partial charge >= 0.3 is 0 Å². The van der Waals surface area contributed by atoms with E-state index in [0.29, 0.717) is 12.5 Å². The molecule has 0 spiro atoms. The van der Waals surface area contributed by atoms with E-state index >= 15 is 0 Å². The molecule has 4 heteroatoms. The number of ether oxygens (including phenoxy) is 1. The molecule has 1 heterocycles. The summed E-state index contributed by atoms with van der Waals surface area (Å²) in [6.07, 6.45) is 6.36. The second kappa shape index (κ2) is 8.67. The predicted molar refractivity (Wildman–Crippen MR) is 60.9 cm³/mol. The lowest BCUT2D eigenvalue weighted by Crippen LogP contribution is -2.48. The van der Waals surface area contributed by atoms with Crippen LogP contribution in [0, 0.1) is 0 Å². The van der Waals surface area contributed by atoms with Crippen LogP contribution in [0.2, 0.25) is 0 Å². The van der Waals surface area contributed by atoms with E-state index in [1.165, 1.54) is 0 Å². The van der Waals surface area contributed by atoms with Gasteiger partial charge in [0, 0.05) is 19.0 Å². The van der Waals surface area contributed by atoms with Gasteiger partial charge in [0.1, 0.15) is 6.29 Å². The molecule has 93 valence electrons. The Morgan fingerprint density at radius 2 is 2.12 bits per heavy atom. The summed E-state index contributed by atoms with van der Waals surface area (Å²) in [5.74, 6) is 0. The molecule has 0 aromatic rings. The van der Waals surface area contributed by atoms with Crippen molar-refractivity contribution >= 4 is 6.29 Å². The van der Waals surface area contributed by atoms with E-state index < -0.39 is 0 Å². The van der Waals surface area contributed by atoms with Crippen LogP contribution >= 0.6 is 0 Å². The van der Waals surface area contributed by atoms with Crippen LogP contribution in [0.3, 0.4) is 0 Å². The third-order valence-electron chi connectivity index (χ3n) is 3.01. The molecule has 4 nitrogen and oxygen atoms in total. The Labute approximate surface area is 97.4 Å². The zero-order valence-corrected chi connectivity index (χ0v) is 9.82. The first-order valence-corrected chi connectivity index (χ1v) is 6.25. The largest absolute Gasteiger partial charge is 0.375 e. The van der Waals surface area contributed by atoms with E-state index in [9.17, 15) is 9.90 Å². The summed E-state index contributed by atoms with van der Waals surface area (Å²) in [5, 5.41) is 13.8. The molecule has 0 saturated carbocycles. The first-order chi connectivity index (χ1) is 7.88. The lowest BCUT2D eigenvalue weighted by molar-refractivity contribution is -0.108. The van der Waals surface area contributed by atoms with Gasteiger partial charge in [0.25, 0.3) is 0 Å². The molecule has 1 radical (unpaired) electrons. The molecule has 1 aliphatic heterocycles. The minimum absolute atomic E-state index is 0.0172. The number of hydrogen-bond donors (Lipinski definition) is 1. The molecule has 1 aliphatic rings. The van der Waals surface area contributed by atoms with Gasteiger partial charge in [-0.05, 0) is 32.1 Å². The normalized spacial score (nSPS) is 25.6. The molecule has 0 bridgehead atoms. The van der Waals surface area contributed by atoms with Gasteiger partial charge in [-0.2, -0.15) is 0 Å². The van der Waals surface area contributed by atoms with Crippen molar-refractivity contribution in [3.8, 4) is 0 Å². The summed E-state index contributed by atoms with van der Waals surface area (Å²) in [6.45, 7) is 1.67. The van der Waals surface area contributed by atoms with E-state index in [1.54, 1.807) is 0 Å². The Balaban J connectivity index is 2.23. The highest BCUT2D eigenvalue weighted by molar-refractivity contribution is 5.48. The van der Waals surface area contributed by atoms with Crippen LogP contribution in [-0.4, -0.2) is 38.2 Å². The van der Waals surface area contributed by atoms with Crippen molar-refractivity contribution < 1.29 is 14.6 Å². The molecule has 1 fully saturated rings. The zero-order chi connectivity index (χ0) is 11.6. The van der Waals surface area contributed by atoms with Crippen LogP contribution in [0.1, 0.15) is 38.5 Å². The topological polar surface area (TPSA) is 58.2 Å². The number of nitrogens with one attached hydrogen (secondary N) is 1. The van der Waals surface area contributed by atoms with Crippen LogP contribution in [0.4, 0.5) is 0 Å². The summed E-state index contributed by atoms with van der Waals surface area (Å²) < 4.78 is 5.71. The number of morpholine rings is 1. The van der Waals surface area contributed by atoms with Gasteiger partial charge in [-0.25, -0.2) is 5.11 Å². The van der Waals surface area contributed by atoms with Crippen LogP contribution in [0.25, 0.3) is 0 Å². The van der Waals surface area contributed by atoms with E-state index in [4.69, 9.17) is 4.74 Å². The Morgan fingerprint density at radius 1 is 1.25 bits per heavy atom. The molecule has 0 aliphatic carbocycles. The van der Waals surface area contributed by atoms with Gasteiger partial charge in [0.05, 0.1) is 19.3 Å². The number of hydrogen-bond acceptors (Lipinski definition) is 3. The Morgan fingerprint density at radius 3 is 2.88 bits per heavy atom. The average Bonchev–Trinajstić information content (AvgIpc) is 2.32. The van der Waals surface area contributed by atoms with E-state index in [2.05, 4.69) is 5.32 Å². The quantitative estimate of drug-likeness (QED) is 0.503. The van der Waals surface area contributed by atoms with Gasteiger partial charge in [-0.15, -0.1) is 0 Å². The van der Waals surface area contributed by atoms with Crippen LogP contribution in [-0.2, 0) is 14.6 Å². The highest BCUT2D eigenvalue weighted by atomic mass is 16.5. The predicted octanol–water partition coefficient (Wildman–Crippen LogP) is 1.31. The molecule has 2 atom stereocenters. The van der Waals surface area contributed by atoms with Gasteiger partial charge in [-0.1, -0.05) is 0 Å². The summed E-state index contributed by atoms with van der Waals surface area (Å²) in [4.78, 5) is 10.2. The number of carbonyl (C=O) groups excluding carboxylic acids is 1. The number of rotatable bonds is 8. The number of aldehydes is 1. The maximum absolute atomic E-state index is 10.4. The summed E-state index contributed by atoms with van der Waals surface area (Å²) >= 11 is 0. The highest BCUT2D eigenvalue weighted by Gasteiger charge is 2.24. The van der Waals surface area contributed by atoms with Gasteiger partial charge in [0.15, 0.2) is 0 Å². The SMILES string of the molecule is [O]CCCCC1NCCOC1CCCC=O. The monoisotopic (exact) mass is 228 g/mol. The fraction of sp³-hybridized carbons (Fsp3) is 0.917. The first-order valence-electron chi connectivity index (χ1n) is 6.25. The molecule has 2 unspecified atom stereocenters. The Kier molecular flexibility index (Phi) is 7.38. The number of carbonyl (C=O) groups is 1. The highest BCUT2D eigenvalue weighted by Crippen LogP contribution is 2.16. The molecule has 0 aromatic carbocycles. The molecule has 1 saturated heterocycles. The van der Waals surface area contributed by atoms with Crippen LogP contribution < -0.4 is 5.32 Å². The van der Waals surface area contributed by atoms with Gasteiger partial charge in [0.2, 0.25) is 0 Å². The summed E-state index contributed by atoms with van der Waals surface area (Å²) in [7, 11) is 0. The fourth-order valence-electron chi connectivity index (χ4n) is 2.14. The molecule has 1 N–H and O–H groups in total. The van der Waals surface area contributed by atoms with Crippen molar-refractivity contribution in [1.82, 2.24) is 5.32 Å². The molecular formula is C12H22NO3. The minimum atomic E-state index is 0.0172.